The summed E-state index contributed by atoms with van der Waals surface area (Å²) in [6.45, 7) is 8.38. The normalized spacial score (nSPS) is 20.3. The van der Waals surface area contributed by atoms with Gasteiger partial charge in [0, 0.05) is 39.1 Å². The number of β-amino-alcohol motifs (C(OH)–C–C–N with tert-alkyl or cyclic N) is 1. The molecule has 4 rings (SSSR count). The Bertz CT molecular complexity index is 858. The van der Waals surface area contributed by atoms with Crippen molar-refractivity contribution in [3.63, 3.8) is 0 Å². The fourth-order valence-electron chi connectivity index (χ4n) is 4.29. The van der Waals surface area contributed by atoms with E-state index in [9.17, 15) is 4.79 Å². The molecule has 6 nitrogen and oxygen atoms in total. The average Bonchev–Trinajstić information content (AvgIpc) is 2.68. The molecule has 1 fully saturated rings. The standard InChI is InChI=1S/C22H28N4O2/c1-15-3-5-17(6-4-15)18-13-19-21(20(28)14-18)16(2)23-22(24-19)26-9-7-25(8-10-26)11-12-27/h3-6,18,27H,7-14H2,1-2H3/t18-/m1/s1. The van der Waals surface area contributed by atoms with Gasteiger partial charge in [-0.15, -0.1) is 0 Å². The number of aryl methyl sites for hydroxylation is 2. The van der Waals surface area contributed by atoms with Crippen LogP contribution in [0.2, 0.25) is 0 Å². The number of aliphatic hydroxyl groups is 1. The fourth-order valence-corrected chi connectivity index (χ4v) is 4.29. The molecule has 2 aliphatic rings. The van der Waals surface area contributed by atoms with Crippen LogP contribution in [0.15, 0.2) is 24.3 Å². The average molecular weight is 380 g/mol. The number of Topliss-reactive ketones (excluding diaryl/α,β-unsaturated/α-hetero) is 1. The van der Waals surface area contributed by atoms with E-state index in [2.05, 4.69) is 46.0 Å². The van der Waals surface area contributed by atoms with Crippen molar-refractivity contribution in [3.05, 3.63) is 52.3 Å². The Morgan fingerprint density at radius 2 is 1.75 bits per heavy atom. The lowest BCUT2D eigenvalue weighted by Gasteiger charge is -2.35. The van der Waals surface area contributed by atoms with E-state index in [0.29, 0.717) is 13.0 Å². The summed E-state index contributed by atoms with van der Waals surface area (Å²) in [4.78, 5) is 26.8. The molecule has 0 spiro atoms. The van der Waals surface area contributed by atoms with E-state index in [1.165, 1.54) is 11.1 Å². The van der Waals surface area contributed by atoms with Crippen molar-refractivity contribution in [1.82, 2.24) is 14.9 Å². The Hall–Kier alpha value is -2.31. The quantitative estimate of drug-likeness (QED) is 0.876. The van der Waals surface area contributed by atoms with Crippen molar-refractivity contribution in [3.8, 4) is 0 Å². The monoisotopic (exact) mass is 380 g/mol. The van der Waals surface area contributed by atoms with Crippen LogP contribution in [0, 0.1) is 13.8 Å². The predicted molar refractivity (Wildman–Crippen MR) is 109 cm³/mol. The number of carbonyl (C=O) groups excluding carboxylic acids is 1. The third kappa shape index (κ3) is 3.80. The molecule has 2 aromatic rings. The first-order chi connectivity index (χ1) is 13.5. The van der Waals surface area contributed by atoms with Crippen molar-refractivity contribution >= 4 is 11.7 Å². The molecule has 1 N–H and O–H groups in total. The molecule has 6 heteroatoms. The Labute approximate surface area is 166 Å². The highest BCUT2D eigenvalue weighted by Crippen LogP contribution is 2.34. The zero-order valence-corrected chi connectivity index (χ0v) is 16.7. The summed E-state index contributed by atoms with van der Waals surface area (Å²) < 4.78 is 0. The number of hydrogen-bond acceptors (Lipinski definition) is 6. The van der Waals surface area contributed by atoms with Crippen LogP contribution in [0.25, 0.3) is 0 Å². The van der Waals surface area contributed by atoms with E-state index in [0.717, 1.165) is 55.5 Å². The summed E-state index contributed by atoms with van der Waals surface area (Å²) in [5, 5.41) is 9.12. The molecular weight excluding hydrogens is 352 g/mol. The lowest BCUT2D eigenvalue weighted by molar-refractivity contribution is 0.0962. The maximum atomic E-state index is 12.8. The van der Waals surface area contributed by atoms with Crippen molar-refractivity contribution in [2.45, 2.75) is 32.6 Å². The zero-order chi connectivity index (χ0) is 19.7. The fraction of sp³-hybridized carbons (Fsp3) is 0.500. The van der Waals surface area contributed by atoms with Gasteiger partial charge in [-0.3, -0.25) is 9.69 Å². The smallest absolute Gasteiger partial charge is 0.225 e. The van der Waals surface area contributed by atoms with E-state index < -0.39 is 0 Å². The van der Waals surface area contributed by atoms with Gasteiger partial charge in [-0.1, -0.05) is 29.8 Å². The first-order valence-electron chi connectivity index (χ1n) is 10.1. The summed E-state index contributed by atoms with van der Waals surface area (Å²) >= 11 is 0. The van der Waals surface area contributed by atoms with Gasteiger partial charge < -0.3 is 10.0 Å². The molecule has 148 valence electrons. The molecule has 1 atom stereocenters. The van der Waals surface area contributed by atoms with Crippen LogP contribution < -0.4 is 4.90 Å². The van der Waals surface area contributed by atoms with E-state index in [1.807, 2.05) is 6.92 Å². The molecule has 0 amide bonds. The summed E-state index contributed by atoms with van der Waals surface area (Å²) in [7, 11) is 0. The van der Waals surface area contributed by atoms with Crippen molar-refractivity contribution in [2.24, 2.45) is 0 Å². The number of benzene rings is 1. The van der Waals surface area contributed by atoms with Crippen molar-refractivity contribution in [2.75, 3.05) is 44.2 Å². The summed E-state index contributed by atoms with van der Waals surface area (Å²) in [6, 6.07) is 8.48. The molecule has 2 heterocycles. The van der Waals surface area contributed by atoms with Crippen LogP contribution in [0.3, 0.4) is 0 Å². The van der Waals surface area contributed by atoms with Gasteiger partial charge in [-0.2, -0.15) is 0 Å². The molecule has 1 aromatic heterocycles. The second-order valence-electron chi connectivity index (χ2n) is 7.92. The third-order valence-electron chi connectivity index (χ3n) is 5.92. The number of piperazine rings is 1. The Morgan fingerprint density at radius 1 is 1.04 bits per heavy atom. The number of hydrogen-bond donors (Lipinski definition) is 1. The molecule has 1 saturated heterocycles. The van der Waals surface area contributed by atoms with Gasteiger partial charge in [0.15, 0.2) is 5.78 Å². The predicted octanol–water partition coefficient (Wildman–Crippen LogP) is 2.12. The number of carbonyl (C=O) groups is 1. The Morgan fingerprint density at radius 3 is 2.43 bits per heavy atom. The number of fused-ring (bicyclic) bond motifs is 1. The third-order valence-corrected chi connectivity index (χ3v) is 5.92. The van der Waals surface area contributed by atoms with E-state index in [-0.39, 0.29) is 18.3 Å². The molecule has 1 aliphatic carbocycles. The molecule has 0 bridgehead atoms. The second-order valence-corrected chi connectivity index (χ2v) is 7.92. The molecule has 1 aliphatic heterocycles. The molecule has 0 radical (unpaired) electrons. The lowest BCUT2D eigenvalue weighted by Crippen LogP contribution is -2.48. The first-order valence-corrected chi connectivity index (χ1v) is 10.1. The minimum Gasteiger partial charge on any atom is -0.395 e. The minimum atomic E-state index is 0.156. The van der Waals surface area contributed by atoms with Gasteiger partial charge in [-0.05, 0) is 31.7 Å². The number of aromatic nitrogens is 2. The van der Waals surface area contributed by atoms with E-state index >= 15 is 0 Å². The number of anilines is 1. The molecule has 0 unspecified atom stereocenters. The minimum absolute atomic E-state index is 0.156. The topological polar surface area (TPSA) is 69.6 Å². The molecular formula is C22H28N4O2. The molecule has 0 saturated carbocycles. The van der Waals surface area contributed by atoms with Crippen LogP contribution >= 0.6 is 0 Å². The van der Waals surface area contributed by atoms with Gasteiger partial charge in [0.2, 0.25) is 5.95 Å². The Kier molecular flexibility index (Phi) is 5.42. The van der Waals surface area contributed by atoms with Gasteiger partial charge >= 0.3 is 0 Å². The number of nitrogens with zero attached hydrogens (tertiary/aromatic N) is 4. The lowest BCUT2D eigenvalue weighted by atomic mass is 9.81. The van der Waals surface area contributed by atoms with E-state index in [4.69, 9.17) is 10.1 Å². The highest BCUT2D eigenvalue weighted by molar-refractivity contribution is 5.99. The van der Waals surface area contributed by atoms with Gasteiger partial charge in [-0.25, -0.2) is 9.97 Å². The van der Waals surface area contributed by atoms with Gasteiger partial charge in [0.1, 0.15) is 0 Å². The van der Waals surface area contributed by atoms with Crippen molar-refractivity contribution < 1.29 is 9.90 Å². The molecule has 1 aromatic carbocycles. The van der Waals surface area contributed by atoms with Crippen LogP contribution in [0.1, 0.15) is 45.2 Å². The first kappa shape index (κ1) is 19.0. The van der Waals surface area contributed by atoms with Crippen LogP contribution in [-0.2, 0) is 6.42 Å². The van der Waals surface area contributed by atoms with Crippen LogP contribution in [-0.4, -0.2) is 65.1 Å². The summed E-state index contributed by atoms with van der Waals surface area (Å²) in [6.07, 6.45) is 1.31. The number of aliphatic hydroxyl groups excluding tert-OH is 1. The summed E-state index contributed by atoms with van der Waals surface area (Å²) in [5.74, 6) is 1.07. The maximum absolute atomic E-state index is 12.8. The number of ketones is 1. The van der Waals surface area contributed by atoms with Gasteiger partial charge in [0.25, 0.3) is 0 Å². The zero-order valence-electron chi connectivity index (χ0n) is 16.7. The highest BCUT2D eigenvalue weighted by Gasteiger charge is 2.31. The highest BCUT2D eigenvalue weighted by atomic mass is 16.3. The van der Waals surface area contributed by atoms with E-state index in [1.54, 1.807) is 0 Å². The Balaban J connectivity index is 1.57. The van der Waals surface area contributed by atoms with Gasteiger partial charge in [0.05, 0.1) is 23.6 Å². The van der Waals surface area contributed by atoms with Crippen LogP contribution in [0.5, 0.6) is 0 Å². The SMILES string of the molecule is Cc1ccc([C@H]2CC(=O)c3c(C)nc(N4CCN(CCO)CC4)nc3C2)cc1. The molecule has 28 heavy (non-hydrogen) atoms. The largest absolute Gasteiger partial charge is 0.395 e. The maximum Gasteiger partial charge on any atom is 0.225 e. The number of rotatable bonds is 4. The van der Waals surface area contributed by atoms with Crippen molar-refractivity contribution in [1.29, 1.82) is 0 Å². The summed E-state index contributed by atoms with van der Waals surface area (Å²) in [5.41, 5.74) is 4.85. The second kappa shape index (κ2) is 7.97. The van der Waals surface area contributed by atoms with Crippen LogP contribution in [0.4, 0.5) is 5.95 Å².